The first-order valence-corrected chi connectivity index (χ1v) is 8.18. The molecule has 0 heterocycles. The fourth-order valence-corrected chi connectivity index (χ4v) is 3.45. The summed E-state index contributed by atoms with van der Waals surface area (Å²) in [5, 5.41) is -0.296. The van der Waals surface area contributed by atoms with Crippen molar-refractivity contribution in [2.45, 2.75) is 44.0 Å². The lowest BCUT2D eigenvalue weighted by molar-refractivity contribution is 0.0229. The normalized spacial score (nSPS) is 21.6. The molecule has 0 amide bonds. The SMILES string of the molecule is CCOC(=O)SC1CCCCC1OC(=O)c1ccccc1. The molecule has 0 N–H and O–H groups in total. The van der Waals surface area contributed by atoms with E-state index in [9.17, 15) is 9.59 Å². The van der Waals surface area contributed by atoms with Crippen LogP contribution < -0.4 is 0 Å². The Balaban J connectivity index is 1.95. The highest BCUT2D eigenvalue weighted by Gasteiger charge is 2.31. The molecule has 0 bridgehead atoms. The van der Waals surface area contributed by atoms with Crippen molar-refractivity contribution in [3.63, 3.8) is 0 Å². The molecule has 21 heavy (non-hydrogen) atoms. The predicted octanol–water partition coefficient (Wildman–Crippen LogP) is 4.04. The second kappa shape index (κ2) is 8.08. The van der Waals surface area contributed by atoms with E-state index < -0.39 is 0 Å². The standard InChI is InChI=1S/C16H20O4S/c1-2-19-16(18)21-14-11-7-6-10-13(14)20-15(17)12-8-4-3-5-9-12/h3-5,8-9,13-14H,2,6-7,10-11H2,1H3. The average Bonchev–Trinajstić information content (AvgIpc) is 2.50. The van der Waals surface area contributed by atoms with Crippen LogP contribution >= 0.6 is 11.8 Å². The Bertz CT molecular complexity index is 474. The number of carbonyl (C=O) groups is 2. The molecule has 1 aliphatic carbocycles. The van der Waals surface area contributed by atoms with E-state index in [1.54, 1.807) is 19.1 Å². The number of rotatable bonds is 4. The molecular formula is C16H20O4S. The minimum absolute atomic E-state index is 0.00883. The number of benzene rings is 1. The van der Waals surface area contributed by atoms with Gasteiger partial charge in [0.05, 0.1) is 17.4 Å². The first-order valence-electron chi connectivity index (χ1n) is 7.30. The van der Waals surface area contributed by atoms with Crippen molar-refractivity contribution < 1.29 is 19.1 Å². The van der Waals surface area contributed by atoms with Gasteiger partial charge in [0.25, 0.3) is 0 Å². The molecule has 0 spiro atoms. The molecule has 0 aliphatic heterocycles. The molecule has 2 rings (SSSR count). The van der Waals surface area contributed by atoms with Gasteiger partial charge in [-0.25, -0.2) is 9.59 Å². The summed E-state index contributed by atoms with van der Waals surface area (Å²) in [6.07, 6.45) is 3.52. The van der Waals surface area contributed by atoms with Gasteiger partial charge in [0.15, 0.2) is 0 Å². The topological polar surface area (TPSA) is 52.6 Å². The third-order valence-corrected chi connectivity index (χ3v) is 4.57. The number of esters is 1. The Labute approximate surface area is 129 Å². The highest BCUT2D eigenvalue weighted by atomic mass is 32.2. The van der Waals surface area contributed by atoms with Crippen molar-refractivity contribution in [1.29, 1.82) is 0 Å². The molecule has 1 aromatic carbocycles. The molecule has 1 fully saturated rings. The van der Waals surface area contributed by atoms with E-state index in [2.05, 4.69) is 0 Å². The van der Waals surface area contributed by atoms with Crippen LogP contribution in [0, 0.1) is 0 Å². The summed E-state index contributed by atoms with van der Waals surface area (Å²) in [7, 11) is 0. The van der Waals surface area contributed by atoms with Gasteiger partial charge in [-0.05, 0) is 50.1 Å². The fraction of sp³-hybridized carbons (Fsp3) is 0.500. The van der Waals surface area contributed by atoms with Crippen LogP contribution in [0.15, 0.2) is 30.3 Å². The molecule has 1 aliphatic rings. The van der Waals surface area contributed by atoms with Gasteiger partial charge in [-0.15, -0.1) is 0 Å². The summed E-state index contributed by atoms with van der Waals surface area (Å²) < 4.78 is 10.6. The van der Waals surface area contributed by atoms with Gasteiger partial charge in [0.1, 0.15) is 6.10 Å². The van der Waals surface area contributed by atoms with Crippen molar-refractivity contribution in [3.8, 4) is 0 Å². The van der Waals surface area contributed by atoms with Crippen LogP contribution in [0.5, 0.6) is 0 Å². The molecule has 0 aromatic heterocycles. The lowest BCUT2D eigenvalue weighted by Gasteiger charge is -2.29. The van der Waals surface area contributed by atoms with Crippen molar-refractivity contribution in [2.75, 3.05) is 6.61 Å². The Kier molecular flexibility index (Phi) is 6.11. The van der Waals surface area contributed by atoms with Crippen LogP contribution in [0.25, 0.3) is 0 Å². The van der Waals surface area contributed by atoms with Gasteiger partial charge in [0.2, 0.25) is 0 Å². The van der Waals surface area contributed by atoms with Crippen LogP contribution in [0.4, 0.5) is 4.79 Å². The molecule has 114 valence electrons. The smallest absolute Gasteiger partial charge is 0.367 e. The number of carbonyl (C=O) groups excluding carboxylic acids is 2. The summed E-state index contributed by atoms with van der Waals surface area (Å²) in [5.74, 6) is -0.322. The van der Waals surface area contributed by atoms with Crippen molar-refractivity contribution in [3.05, 3.63) is 35.9 Å². The molecule has 0 radical (unpaired) electrons. The number of ether oxygens (including phenoxy) is 2. The van der Waals surface area contributed by atoms with E-state index in [1.807, 2.05) is 18.2 Å². The van der Waals surface area contributed by atoms with E-state index in [1.165, 1.54) is 0 Å². The zero-order valence-corrected chi connectivity index (χ0v) is 12.9. The van der Waals surface area contributed by atoms with Crippen LogP contribution in [0.3, 0.4) is 0 Å². The highest BCUT2D eigenvalue weighted by Crippen LogP contribution is 2.32. The highest BCUT2D eigenvalue weighted by molar-refractivity contribution is 8.13. The van der Waals surface area contributed by atoms with E-state index in [-0.39, 0.29) is 22.6 Å². The molecule has 1 saturated carbocycles. The zero-order valence-electron chi connectivity index (χ0n) is 12.1. The molecule has 2 unspecified atom stereocenters. The van der Waals surface area contributed by atoms with Gasteiger partial charge in [-0.1, -0.05) is 24.6 Å². The van der Waals surface area contributed by atoms with Crippen LogP contribution in [0.2, 0.25) is 0 Å². The van der Waals surface area contributed by atoms with E-state index >= 15 is 0 Å². The first-order chi connectivity index (χ1) is 10.2. The third kappa shape index (κ3) is 4.77. The minimum atomic E-state index is -0.322. The number of thioether (sulfide) groups is 1. The summed E-state index contributed by atoms with van der Waals surface area (Å²) in [5.41, 5.74) is 0.544. The lowest BCUT2D eigenvalue weighted by atomic mass is 9.97. The monoisotopic (exact) mass is 308 g/mol. The van der Waals surface area contributed by atoms with Crippen LogP contribution in [-0.4, -0.2) is 29.2 Å². The Hall–Kier alpha value is -1.49. The number of hydrogen-bond donors (Lipinski definition) is 0. The quantitative estimate of drug-likeness (QED) is 0.786. The molecule has 2 atom stereocenters. The average molecular weight is 308 g/mol. The van der Waals surface area contributed by atoms with E-state index in [0.717, 1.165) is 37.4 Å². The van der Waals surface area contributed by atoms with E-state index in [0.29, 0.717) is 12.2 Å². The maximum atomic E-state index is 12.1. The first kappa shape index (κ1) is 15.9. The van der Waals surface area contributed by atoms with Gasteiger partial charge in [0, 0.05) is 0 Å². The lowest BCUT2D eigenvalue weighted by Crippen LogP contribution is -2.33. The second-order valence-corrected chi connectivity index (χ2v) is 6.11. The van der Waals surface area contributed by atoms with Crippen molar-refractivity contribution in [1.82, 2.24) is 0 Å². The van der Waals surface area contributed by atoms with Crippen LogP contribution in [0.1, 0.15) is 43.0 Å². The largest absolute Gasteiger partial charge is 0.458 e. The fourth-order valence-electron chi connectivity index (χ4n) is 2.39. The summed E-state index contributed by atoms with van der Waals surface area (Å²) in [4.78, 5) is 23.7. The molecular weight excluding hydrogens is 288 g/mol. The zero-order chi connectivity index (χ0) is 15.1. The summed E-state index contributed by atoms with van der Waals surface area (Å²) >= 11 is 1.15. The third-order valence-electron chi connectivity index (χ3n) is 3.42. The molecule has 5 heteroatoms. The molecule has 4 nitrogen and oxygen atoms in total. The van der Waals surface area contributed by atoms with Gasteiger partial charge in [-0.2, -0.15) is 0 Å². The minimum Gasteiger partial charge on any atom is -0.458 e. The van der Waals surface area contributed by atoms with Crippen molar-refractivity contribution in [2.24, 2.45) is 0 Å². The Morgan fingerprint density at radius 3 is 2.62 bits per heavy atom. The van der Waals surface area contributed by atoms with Gasteiger partial charge in [-0.3, -0.25) is 0 Å². The van der Waals surface area contributed by atoms with Crippen LogP contribution in [-0.2, 0) is 9.47 Å². The predicted molar refractivity (Wildman–Crippen MR) is 82.5 cm³/mol. The molecule has 0 saturated heterocycles. The summed E-state index contributed by atoms with van der Waals surface area (Å²) in [6, 6.07) is 8.94. The van der Waals surface area contributed by atoms with Gasteiger partial charge >= 0.3 is 11.3 Å². The Morgan fingerprint density at radius 1 is 1.19 bits per heavy atom. The second-order valence-electron chi connectivity index (χ2n) is 4.93. The summed E-state index contributed by atoms with van der Waals surface area (Å²) in [6.45, 7) is 2.15. The van der Waals surface area contributed by atoms with Crippen molar-refractivity contribution >= 4 is 23.0 Å². The van der Waals surface area contributed by atoms with E-state index in [4.69, 9.17) is 9.47 Å². The molecule has 1 aromatic rings. The Morgan fingerprint density at radius 2 is 1.90 bits per heavy atom. The van der Waals surface area contributed by atoms with Gasteiger partial charge < -0.3 is 9.47 Å². The maximum absolute atomic E-state index is 12.1. The maximum Gasteiger partial charge on any atom is 0.367 e. The number of hydrogen-bond acceptors (Lipinski definition) is 5.